The molecule has 2 aromatic heterocycles. The molecule has 1 aliphatic carbocycles. The van der Waals surface area contributed by atoms with E-state index >= 15 is 0 Å². The zero-order chi connectivity index (χ0) is 21.4. The summed E-state index contributed by atoms with van der Waals surface area (Å²) in [6.07, 6.45) is 2.40. The van der Waals surface area contributed by atoms with Crippen molar-refractivity contribution in [3.8, 4) is 0 Å². The number of amides is 1. The van der Waals surface area contributed by atoms with Crippen LogP contribution in [0.15, 0.2) is 18.6 Å². The van der Waals surface area contributed by atoms with Gasteiger partial charge in [0.1, 0.15) is 0 Å². The molecule has 0 unspecified atom stereocenters. The van der Waals surface area contributed by atoms with Crippen molar-refractivity contribution in [3.05, 3.63) is 45.5 Å². The third-order valence-electron chi connectivity index (χ3n) is 5.44. The van der Waals surface area contributed by atoms with Crippen LogP contribution in [0.5, 0.6) is 0 Å². The van der Waals surface area contributed by atoms with Gasteiger partial charge in [0, 0.05) is 32.5 Å². The molecule has 0 spiro atoms. The Morgan fingerprint density at radius 2 is 1.86 bits per heavy atom. The van der Waals surface area contributed by atoms with Gasteiger partial charge in [0.05, 0.1) is 21.8 Å². The van der Waals surface area contributed by atoms with Crippen LogP contribution in [-0.4, -0.2) is 38.7 Å². The van der Waals surface area contributed by atoms with Crippen LogP contribution in [0.25, 0.3) is 0 Å². The molecule has 0 atom stereocenters. The minimum Gasteiger partial charge on any atom is -0.338 e. The third kappa shape index (κ3) is 4.69. The van der Waals surface area contributed by atoms with E-state index in [9.17, 15) is 18.0 Å². The van der Waals surface area contributed by atoms with E-state index in [2.05, 4.69) is 10.1 Å². The first-order valence-electron chi connectivity index (χ1n) is 9.18. The molecule has 1 fully saturated rings. The second kappa shape index (κ2) is 8.14. The molecular weight excluding hydrogens is 428 g/mol. The Morgan fingerprint density at radius 1 is 1.24 bits per heavy atom. The fourth-order valence-electron chi connectivity index (χ4n) is 3.68. The van der Waals surface area contributed by atoms with E-state index in [0.717, 1.165) is 25.5 Å². The average molecular weight is 449 g/mol. The van der Waals surface area contributed by atoms with Gasteiger partial charge in [-0.15, -0.1) is 0 Å². The number of aromatic nitrogens is 3. The summed E-state index contributed by atoms with van der Waals surface area (Å²) in [6.45, 7) is 2.58. The van der Waals surface area contributed by atoms with E-state index in [4.69, 9.17) is 23.2 Å². The standard InChI is InChI=1S/C19H21Cl2F3N4O/c1-18(5-3-6-18)11-28(7-4-12-14(20)9-25-10-15(12)21)17(29)13-8-26-27(2)16(13)19(22,23)24/h8-10H,3-7,11H2,1-2H3. The van der Waals surface area contributed by atoms with Crippen molar-refractivity contribution in [1.82, 2.24) is 19.7 Å². The molecule has 2 heterocycles. The molecule has 2 aromatic rings. The zero-order valence-electron chi connectivity index (χ0n) is 16.1. The van der Waals surface area contributed by atoms with Gasteiger partial charge in [-0.05, 0) is 30.2 Å². The highest BCUT2D eigenvalue weighted by molar-refractivity contribution is 6.35. The number of hydrogen-bond acceptors (Lipinski definition) is 3. The molecule has 1 amide bonds. The molecule has 5 nitrogen and oxygen atoms in total. The maximum atomic E-state index is 13.5. The van der Waals surface area contributed by atoms with Crippen LogP contribution >= 0.6 is 23.2 Å². The number of hydrogen-bond donors (Lipinski definition) is 0. The number of alkyl halides is 3. The summed E-state index contributed by atoms with van der Waals surface area (Å²) in [7, 11) is 1.17. The Morgan fingerprint density at radius 3 is 2.38 bits per heavy atom. The van der Waals surface area contributed by atoms with Crippen molar-refractivity contribution in [2.45, 2.75) is 38.8 Å². The molecule has 158 valence electrons. The lowest BCUT2D eigenvalue weighted by atomic mass is 9.70. The maximum Gasteiger partial charge on any atom is 0.433 e. The van der Waals surface area contributed by atoms with E-state index in [1.165, 1.54) is 24.3 Å². The summed E-state index contributed by atoms with van der Waals surface area (Å²) in [5.74, 6) is -0.695. The van der Waals surface area contributed by atoms with Gasteiger partial charge >= 0.3 is 6.18 Å². The van der Waals surface area contributed by atoms with Crippen LogP contribution in [0.4, 0.5) is 13.2 Å². The number of carbonyl (C=O) groups is 1. The highest BCUT2D eigenvalue weighted by Crippen LogP contribution is 2.41. The Hall–Kier alpha value is -1.80. The van der Waals surface area contributed by atoms with Gasteiger partial charge < -0.3 is 4.90 Å². The molecule has 0 aliphatic heterocycles. The first kappa shape index (κ1) is 21.9. The molecule has 0 N–H and O–H groups in total. The van der Waals surface area contributed by atoms with Gasteiger partial charge in [0.15, 0.2) is 5.69 Å². The Balaban J connectivity index is 1.89. The first-order valence-corrected chi connectivity index (χ1v) is 9.94. The van der Waals surface area contributed by atoms with Crippen LogP contribution in [0.1, 0.15) is 47.8 Å². The van der Waals surface area contributed by atoms with Gasteiger partial charge in [-0.25, -0.2) is 0 Å². The molecule has 1 aliphatic rings. The number of nitrogens with zero attached hydrogens (tertiary/aromatic N) is 4. The van der Waals surface area contributed by atoms with Crippen molar-refractivity contribution in [3.63, 3.8) is 0 Å². The van der Waals surface area contributed by atoms with Crippen molar-refractivity contribution < 1.29 is 18.0 Å². The minimum atomic E-state index is -4.68. The summed E-state index contributed by atoms with van der Waals surface area (Å²) >= 11 is 12.3. The fourth-order valence-corrected chi connectivity index (χ4v) is 4.23. The van der Waals surface area contributed by atoms with Crippen LogP contribution in [0, 0.1) is 5.41 Å². The Kier molecular flexibility index (Phi) is 6.15. The second-order valence-electron chi connectivity index (χ2n) is 7.75. The smallest absolute Gasteiger partial charge is 0.338 e. The number of pyridine rings is 1. The quantitative estimate of drug-likeness (QED) is 0.623. The predicted octanol–water partition coefficient (Wildman–Crippen LogP) is 5.02. The van der Waals surface area contributed by atoms with E-state index < -0.39 is 23.3 Å². The number of aryl methyl sites for hydroxylation is 1. The van der Waals surface area contributed by atoms with E-state index in [1.807, 2.05) is 6.92 Å². The second-order valence-corrected chi connectivity index (χ2v) is 8.57. The number of carbonyl (C=O) groups excluding carboxylic acids is 1. The van der Waals surface area contributed by atoms with Crippen molar-refractivity contribution >= 4 is 29.1 Å². The normalized spacial score (nSPS) is 15.8. The SMILES string of the molecule is Cn1ncc(C(=O)N(CCc2c(Cl)cncc2Cl)CC2(C)CCC2)c1C(F)(F)F. The van der Waals surface area contributed by atoms with Crippen molar-refractivity contribution in [2.24, 2.45) is 12.5 Å². The Labute approximate surface area is 176 Å². The van der Waals surface area contributed by atoms with Crippen molar-refractivity contribution in [2.75, 3.05) is 13.1 Å². The average Bonchev–Trinajstić information content (AvgIpc) is 3.00. The summed E-state index contributed by atoms with van der Waals surface area (Å²) in [4.78, 5) is 18.5. The molecule has 0 radical (unpaired) electrons. The molecule has 29 heavy (non-hydrogen) atoms. The van der Waals surface area contributed by atoms with Gasteiger partial charge in [0.25, 0.3) is 5.91 Å². The molecule has 0 bridgehead atoms. The lowest BCUT2D eigenvalue weighted by Crippen LogP contribution is -2.44. The van der Waals surface area contributed by atoms with Crippen LogP contribution in [0.2, 0.25) is 10.0 Å². The third-order valence-corrected chi connectivity index (χ3v) is 6.09. The van der Waals surface area contributed by atoms with Crippen LogP contribution in [-0.2, 0) is 19.6 Å². The fraction of sp³-hybridized carbons (Fsp3) is 0.526. The highest BCUT2D eigenvalue weighted by atomic mass is 35.5. The molecule has 0 aromatic carbocycles. The zero-order valence-corrected chi connectivity index (χ0v) is 17.6. The molecule has 1 saturated carbocycles. The number of rotatable bonds is 6. The summed E-state index contributed by atoms with van der Waals surface area (Å²) in [6, 6.07) is 0. The summed E-state index contributed by atoms with van der Waals surface area (Å²) in [5.41, 5.74) is -0.995. The molecule has 3 rings (SSSR count). The first-order chi connectivity index (χ1) is 13.5. The topological polar surface area (TPSA) is 51.0 Å². The summed E-state index contributed by atoms with van der Waals surface area (Å²) in [5, 5.41) is 4.38. The molecule has 0 saturated heterocycles. The lowest BCUT2D eigenvalue weighted by molar-refractivity contribution is -0.144. The molecule has 10 heteroatoms. The van der Waals surface area contributed by atoms with Gasteiger partial charge in [-0.1, -0.05) is 36.5 Å². The van der Waals surface area contributed by atoms with E-state index in [-0.39, 0.29) is 12.0 Å². The highest BCUT2D eigenvalue weighted by Gasteiger charge is 2.41. The monoisotopic (exact) mass is 448 g/mol. The van der Waals surface area contributed by atoms with Gasteiger partial charge in [-0.3, -0.25) is 14.5 Å². The van der Waals surface area contributed by atoms with Crippen molar-refractivity contribution in [1.29, 1.82) is 0 Å². The minimum absolute atomic E-state index is 0.109. The Bertz CT molecular complexity index is 889. The maximum absolute atomic E-state index is 13.5. The van der Waals surface area contributed by atoms with Gasteiger partial charge in [-0.2, -0.15) is 18.3 Å². The van der Waals surface area contributed by atoms with Crippen LogP contribution < -0.4 is 0 Å². The van der Waals surface area contributed by atoms with E-state index in [0.29, 0.717) is 33.3 Å². The van der Waals surface area contributed by atoms with E-state index in [1.54, 1.807) is 0 Å². The van der Waals surface area contributed by atoms with Crippen LogP contribution in [0.3, 0.4) is 0 Å². The molecular formula is C19H21Cl2F3N4O. The van der Waals surface area contributed by atoms with Gasteiger partial charge in [0.2, 0.25) is 0 Å². The summed E-state index contributed by atoms with van der Waals surface area (Å²) < 4.78 is 41.1. The lowest BCUT2D eigenvalue weighted by Gasteiger charge is -2.42. The largest absolute Gasteiger partial charge is 0.433 e. The number of halogens is 5. The predicted molar refractivity (Wildman–Crippen MR) is 104 cm³/mol.